The number of carbonyl (C=O) groups excluding carboxylic acids is 1. The van der Waals surface area contributed by atoms with Crippen molar-refractivity contribution in [2.45, 2.75) is 32.6 Å². The number of esters is 1. The van der Waals surface area contributed by atoms with Crippen molar-refractivity contribution >= 4 is 17.3 Å². The summed E-state index contributed by atoms with van der Waals surface area (Å²) in [5, 5.41) is 0. The van der Waals surface area contributed by atoms with Crippen molar-refractivity contribution in [3.63, 3.8) is 0 Å². The van der Waals surface area contributed by atoms with Gasteiger partial charge in [-0.1, -0.05) is 6.07 Å². The van der Waals surface area contributed by atoms with Gasteiger partial charge in [-0.05, 0) is 44.7 Å². The number of hydrogen-bond donors (Lipinski definition) is 0. The Morgan fingerprint density at radius 3 is 2.52 bits per heavy atom. The van der Waals surface area contributed by atoms with Crippen molar-refractivity contribution in [2.75, 3.05) is 42.6 Å². The second-order valence-electron chi connectivity index (χ2n) is 6.32. The molecular weight excluding hydrogens is 295 g/mol. The Morgan fingerprint density at radius 1 is 1.17 bits per heavy atom. The summed E-state index contributed by atoms with van der Waals surface area (Å²) in [5.41, 5.74) is 1.70. The zero-order chi connectivity index (χ0) is 16.2. The number of nitrogens with zero attached hydrogens (tertiary/aromatic N) is 2. The zero-order valence-corrected chi connectivity index (χ0v) is 13.8. The fraction of sp³-hybridized carbons (Fsp3) is 0.611. The molecular formula is C18H25FN2O2. The van der Waals surface area contributed by atoms with E-state index in [1.807, 2.05) is 13.0 Å². The summed E-state index contributed by atoms with van der Waals surface area (Å²) >= 11 is 0. The first-order valence-electron chi connectivity index (χ1n) is 8.65. The highest BCUT2D eigenvalue weighted by molar-refractivity contribution is 5.75. The highest BCUT2D eigenvalue weighted by Crippen LogP contribution is 2.36. The van der Waals surface area contributed by atoms with Crippen LogP contribution in [0.2, 0.25) is 0 Å². The topological polar surface area (TPSA) is 32.8 Å². The Balaban J connectivity index is 1.73. The van der Waals surface area contributed by atoms with Crippen LogP contribution in [0.5, 0.6) is 0 Å². The zero-order valence-electron chi connectivity index (χ0n) is 13.8. The number of halogens is 1. The molecule has 3 rings (SSSR count). The lowest BCUT2D eigenvalue weighted by Gasteiger charge is -2.35. The van der Waals surface area contributed by atoms with Crippen LogP contribution in [0.15, 0.2) is 18.2 Å². The van der Waals surface area contributed by atoms with E-state index in [1.54, 1.807) is 12.1 Å². The minimum absolute atomic E-state index is 0.0185. The maximum absolute atomic E-state index is 14.4. The number of anilines is 2. The summed E-state index contributed by atoms with van der Waals surface area (Å²) in [7, 11) is 0. The van der Waals surface area contributed by atoms with Gasteiger partial charge in [0.15, 0.2) is 0 Å². The third-order valence-electron chi connectivity index (χ3n) is 4.84. The first kappa shape index (κ1) is 16.1. The number of ether oxygens (including phenoxy) is 1. The van der Waals surface area contributed by atoms with Gasteiger partial charge in [0.25, 0.3) is 0 Å². The summed E-state index contributed by atoms with van der Waals surface area (Å²) in [4.78, 5) is 16.2. The number of para-hydroxylation sites is 1. The van der Waals surface area contributed by atoms with Crippen LogP contribution < -0.4 is 9.80 Å². The third kappa shape index (κ3) is 3.43. The molecule has 0 unspecified atom stereocenters. The van der Waals surface area contributed by atoms with Gasteiger partial charge >= 0.3 is 5.97 Å². The average Bonchev–Trinajstić information content (AvgIpc) is 3.09. The molecule has 126 valence electrons. The largest absolute Gasteiger partial charge is 0.466 e. The van der Waals surface area contributed by atoms with Crippen molar-refractivity contribution in [1.82, 2.24) is 0 Å². The summed E-state index contributed by atoms with van der Waals surface area (Å²) in [6.07, 6.45) is 3.79. The molecule has 23 heavy (non-hydrogen) atoms. The van der Waals surface area contributed by atoms with Gasteiger partial charge < -0.3 is 14.5 Å². The lowest BCUT2D eigenvalue weighted by molar-refractivity contribution is -0.148. The van der Waals surface area contributed by atoms with Gasteiger partial charge in [-0.3, -0.25) is 4.79 Å². The third-order valence-corrected chi connectivity index (χ3v) is 4.84. The van der Waals surface area contributed by atoms with Crippen LogP contribution in [-0.4, -0.2) is 38.8 Å². The van der Waals surface area contributed by atoms with E-state index >= 15 is 0 Å². The van der Waals surface area contributed by atoms with Gasteiger partial charge in [-0.25, -0.2) is 4.39 Å². The number of carbonyl (C=O) groups is 1. The van der Waals surface area contributed by atoms with Crippen molar-refractivity contribution < 1.29 is 13.9 Å². The van der Waals surface area contributed by atoms with E-state index in [4.69, 9.17) is 4.74 Å². The predicted octanol–water partition coefficient (Wildman–Crippen LogP) is 3.21. The summed E-state index contributed by atoms with van der Waals surface area (Å²) < 4.78 is 19.5. The Hall–Kier alpha value is -1.78. The molecule has 2 fully saturated rings. The van der Waals surface area contributed by atoms with E-state index in [0.29, 0.717) is 6.61 Å². The molecule has 0 bridgehead atoms. The molecule has 0 N–H and O–H groups in total. The van der Waals surface area contributed by atoms with Gasteiger partial charge in [-0.2, -0.15) is 0 Å². The minimum atomic E-state index is -0.142. The van der Waals surface area contributed by atoms with Gasteiger partial charge in [0, 0.05) is 26.2 Å². The number of piperidine rings is 1. The lowest BCUT2D eigenvalue weighted by atomic mass is 9.96. The second kappa shape index (κ2) is 7.20. The maximum atomic E-state index is 14.4. The standard InChI is InChI=1S/C18H25FN2O2/c1-2-23-18(22)14-8-12-20(13-9-14)16-7-5-6-15(19)17(16)21-10-3-4-11-21/h5-7,14H,2-4,8-13H2,1H3. The van der Waals surface area contributed by atoms with E-state index in [-0.39, 0.29) is 17.7 Å². The highest BCUT2D eigenvalue weighted by Gasteiger charge is 2.29. The maximum Gasteiger partial charge on any atom is 0.309 e. The molecule has 1 aromatic rings. The van der Waals surface area contributed by atoms with Crippen molar-refractivity contribution in [1.29, 1.82) is 0 Å². The van der Waals surface area contributed by atoms with Crippen LogP contribution in [-0.2, 0) is 9.53 Å². The molecule has 2 aliphatic rings. The van der Waals surface area contributed by atoms with Gasteiger partial charge in [0.05, 0.1) is 23.9 Å². The van der Waals surface area contributed by atoms with Crippen LogP contribution in [0.1, 0.15) is 32.6 Å². The summed E-state index contributed by atoms with van der Waals surface area (Å²) in [5.74, 6) is -0.252. The van der Waals surface area contributed by atoms with Crippen LogP contribution >= 0.6 is 0 Å². The molecule has 5 heteroatoms. The number of rotatable bonds is 4. The lowest BCUT2D eigenvalue weighted by Crippen LogP contribution is -2.38. The number of hydrogen-bond acceptors (Lipinski definition) is 4. The normalized spacial score (nSPS) is 19.2. The molecule has 2 aliphatic heterocycles. The molecule has 1 aromatic carbocycles. The molecule has 0 atom stereocenters. The van der Waals surface area contributed by atoms with Crippen LogP contribution in [0.4, 0.5) is 15.8 Å². The van der Waals surface area contributed by atoms with E-state index in [0.717, 1.165) is 63.2 Å². The Kier molecular flexibility index (Phi) is 5.03. The molecule has 0 radical (unpaired) electrons. The van der Waals surface area contributed by atoms with Crippen molar-refractivity contribution in [2.24, 2.45) is 5.92 Å². The molecule has 0 spiro atoms. The Bertz CT molecular complexity index is 550. The van der Waals surface area contributed by atoms with Crippen LogP contribution in [0.3, 0.4) is 0 Å². The molecule has 0 saturated carbocycles. The fourth-order valence-electron chi connectivity index (χ4n) is 3.63. The van der Waals surface area contributed by atoms with E-state index in [2.05, 4.69) is 9.80 Å². The van der Waals surface area contributed by atoms with E-state index in [9.17, 15) is 9.18 Å². The smallest absolute Gasteiger partial charge is 0.309 e. The molecule has 0 aromatic heterocycles. The van der Waals surface area contributed by atoms with Gasteiger partial charge in [0.1, 0.15) is 5.82 Å². The van der Waals surface area contributed by atoms with Crippen LogP contribution in [0.25, 0.3) is 0 Å². The van der Waals surface area contributed by atoms with E-state index in [1.165, 1.54) is 0 Å². The SMILES string of the molecule is CCOC(=O)C1CCN(c2cccc(F)c2N2CCCC2)CC1. The van der Waals surface area contributed by atoms with Crippen molar-refractivity contribution in [3.8, 4) is 0 Å². The average molecular weight is 320 g/mol. The van der Waals surface area contributed by atoms with Crippen LogP contribution in [0, 0.1) is 11.7 Å². The quantitative estimate of drug-likeness (QED) is 0.798. The molecule has 4 nitrogen and oxygen atoms in total. The Morgan fingerprint density at radius 2 is 1.87 bits per heavy atom. The summed E-state index contributed by atoms with van der Waals surface area (Å²) in [6, 6.07) is 5.33. The van der Waals surface area contributed by atoms with Crippen molar-refractivity contribution in [3.05, 3.63) is 24.0 Å². The predicted molar refractivity (Wildman–Crippen MR) is 89.4 cm³/mol. The minimum Gasteiger partial charge on any atom is -0.466 e. The second-order valence-corrected chi connectivity index (χ2v) is 6.32. The van der Waals surface area contributed by atoms with Gasteiger partial charge in [-0.15, -0.1) is 0 Å². The Labute approximate surface area is 137 Å². The molecule has 2 saturated heterocycles. The number of benzene rings is 1. The molecule has 0 aliphatic carbocycles. The first-order chi connectivity index (χ1) is 11.2. The highest BCUT2D eigenvalue weighted by atomic mass is 19.1. The summed E-state index contributed by atoms with van der Waals surface area (Å²) in [6.45, 7) is 5.66. The molecule has 0 amide bonds. The molecule has 2 heterocycles. The van der Waals surface area contributed by atoms with E-state index < -0.39 is 0 Å². The van der Waals surface area contributed by atoms with Gasteiger partial charge in [0.2, 0.25) is 0 Å². The monoisotopic (exact) mass is 320 g/mol. The first-order valence-corrected chi connectivity index (χ1v) is 8.65. The fourth-order valence-corrected chi connectivity index (χ4v) is 3.63.